The van der Waals surface area contributed by atoms with Gasteiger partial charge < -0.3 is 25.2 Å². The van der Waals surface area contributed by atoms with E-state index in [2.05, 4.69) is 34.7 Å². The molecule has 5 aromatic rings. The van der Waals surface area contributed by atoms with E-state index in [9.17, 15) is 20.0 Å². The van der Waals surface area contributed by atoms with Crippen molar-refractivity contribution in [1.82, 2.24) is 25.3 Å². The van der Waals surface area contributed by atoms with Gasteiger partial charge in [0.15, 0.2) is 0 Å². The third-order valence-electron chi connectivity index (χ3n) is 11.4. The summed E-state index contributed by atoms with van der Waals surface area (Å²) < 4.78 is 13.5. The second-order valence-corrected chi connectivity index (χ2v) is 15.2. The SMILES string of the molecule is COc1cc(-c2cccc(-c3cccc4c3cnn4Cc3cc(OC)c(CN(C)C4CCC(C(=O)O)CC4)cc3C#N)c2Cl)ccc1CNC[C@@H]1CCC(=O)N1. The van der Waals surface area contributed by atoms with Gasteiger partial charge in [0.25, 0.3) is 0 Å². The predicted octanol–water partition coefficient (Wildman–Crippen LogP) is 7.40. The van der Waals surface area contributed by atoms with E-state index in [0.29, 0.717) is 61.8 Å². The van der Waals surface area contributed by atoms with Gasteiger partial charge in [0, 0.05) is 65.8 Å². The smallest absolute Gasteiger partial charge is 0.306 e. The zero-order valence-corrected chi connectivity index (χ0v) is 32.7. The third kappa shape index (κ3) is 8.24. The summed E-state index contributed by atoms with van der Waals surface area (Å²) in [4.78, 5) is 25.3. The Morgan fingerprint density at radius 2 is 1.71 bits per heavy atom. The zero-order chi connectivity index (χ0) is 39.3. The quantitative estimate of drug-likeness (QED) is 0.105. The van der Waals surface area contributed by atoms with Gasteiger partial charge in [0.1, 0.15) is 11.5 Å². The highest BCUT2D eigenvalue weighted by molar-refractivity contribution is 6.36. The maximum Gasteiger partial charge on any atom is 0.306 e. The van der Waals surface area contributed by atoms with Crippen molar-refractivity contribution in [3.8, 4) is 39.8 Å². The van der Waals surface area contributed by atoms with Gasteiger partial charge in [-0.25, -0.2) is 0 Å². The number of carbonyl (C=O) groups excluding carboxylic acids is 1. The maximum absolute atomic E-state index is 11.6. The van der Waals surface area contributed by atoms with E-state index in [-0.39, 0.29) is 23.9 Å². The third-order valence-corrected chi connectivity index (χ3v) is 11.8. The molecule has 3 N–H and O–H groups in total. The molecular formula is C44H47ClN6O5. The number of rotatable bonds is 14. The van der Waals surface area contributed by atoms with Gasteiger partial charge in [-0.2, -0.15) is 10.4 Å². The van der Waals surface area contributed by atoms with Gasteiger partial charge in [-0.05, 0) is 80.1 Å². The molecule has 0 unspecified atom stereocenters. The summed E-state index contributed by atoms with van der Waals surface area (Å²) in [6, 6.07) is 24.9. The van der Waals surface area contributed by atoms with E-state index in [1.54, 1.807) is 14.2 Å². The normalized spacial score (nSPS) is 18.2. The molecule has 2 fully saturated rings. The summed E-state index contributed by atoms with van der Waals surface area (Å²) in [5.41, 5.74) is 7.82. The number of hydrogen-bond acceptors (Lipinski definition) is 8. The molecule has 4 aromatic carbocycles. The molecule has 11 nitrogen and oxygen atoms in total. The van der Waals surface area contributed by atoms with Gasteiger partial charge in [-0.15, -0.1) is 0 Å². The highest BCUT2D eigenvalue weighted by atomic mass is 35.5. The average molecular weight is 775 g/mol. The highest BCUT2D eigenvalue weighted by Crippen LogP contribution is 2.41. The lowest BCUT2D eigenvalue weighted by atomic mass is 9.85. The first kappa shape index (κ1) is 38.8. The molecule has 2 heterocycles. The molecule has 0 bridgehead atoms. The summed E-state index contributed by atoms with van der Waals surface area (Å²) in [5, 5.41) is 32.4. The molecule has 2 aliphatic rings. The van der Waals surface area contributed by atoms with E-state index in [1.807, 2.05) is 71.5 Å². The second-order valence-electron chi connectivity index (χ2n) is 14.9. The van der Waals surface area contributed by atoms with Crippen LogP contribution in [0.2, 0.25) is 5.02 Å². The molecule has 56 heavy (non-hydrogen) atoms. The van der Waals surface area contributed by atoms with E-state index in [4.69, 9.17) is 26.2 Å². The van der Waals surface area contributed by atoms with Crippen LogP contribution >= 0.6 is 11.6 Å². The molecule has 0 radical (unpaired) electrons. The molecule has 1 saturated carbocycles. The minimum absolute atomic E-state index is 0.107. The molecule has 7 rings (SSSR count). The van der Waals surface area contributed by atoms with Crippen molar-refractivity contribution in [2.45, 2.75) is 70.2 Å². The predicted molar refractivity (Wildman–Crippen MR) is 217 cm³/mol. The van der Waals surface area contributed by atoms with Crippen LogP contribution in [-0.2, 0) is 29.2 Å². The van der Waals surface area contributed by atoms with Gasteiger partial charge in [0.2, 0.25) is 5.91 Å². The molecule has 0 spiro atoms. The molecule has 1 saturated heterocycles. The van der Waals surface area contributed by atoms with Crippen LogP contribution in [0.4, 0.5) is 0 Å². The Kier molecular flexibility index (Phi) is 11.9. The first-order valence-electron chi connectivity index (χ1n) is 19.1. The van der Waals surface area contributed by atoms with Crippen LogP contribution in [0.3, 0.4) is 0 Å². The van der Waals surface area contributed by atoms with Crippen LogP contribution in [0.25, 0.3) is 33.2 Å². The maximum atomic E-state index is 11.6. The summed E-state index contributed by atoms with van der Waals surface area (Å²) in [7, 11) is 5.36. The number of nitrogens with zero attached hydrogens (tertiary/aromatic N) is 4. The topological polar surface area (TPSA) is 142 Å². The van der Waals surface area contributed by atoms with Crippen molar-refractivity contribution in [1.29, 1.82) is 5.26 Å². The number of amides is 1. The molecule has 12 heteroatoms. The number of ether oxygens (including phenoxy) is 2. The highest BCUT2D eigenvalue weighted by Gasteiger charge is 2.29. The van der Waals surface area contributed by atoms with Crippen LogP contribution in [0, 0.1) is 17.2 Å². The van der Waals surface area contributed by atoms with Gasteiger partial charge >= 0.3 is 5.97 Å². The number of carboxylic acid groups (broad SMARTS) is 1. The molecule has 1 aromatic heterocycles. The number of fused-ring (bicyclic) bond motifs is 1. The Hall–Kier alpha value is -5.41. The largest absolute Gasteiger partial charge is 0.496 e. The molecule has 1 amide bonds. The number of carbonyl (C=O) groups is 2. The van der Waals surface area contributed by atoms with E-state index >= 15 is 0 Å². The average Bonchev–Trinajstić information content (AvgIpc) is 3.83. The van der Waals surface area contributed by atoms with E-state index < -0.39 is 5.97 Å². The lowest BCUT2D eigenvalue weighted by Gasteiger charge is -2.33. The minimum atomic E-state index is -0.709. The number of benzene rings is 4. The Labute approximate surface area is 332 Å². The lowest BCUT2D eigenvalue weighted by molar-refractivity contribution is -0.143. The number of nitriles is 1. The fraction of sp³-hybridized carbons (Fsp3) is 0.364. The van der Waals surface area contributed by atoms with Crippen LogP contribution in [0.5, 0.6) is 11.5 Å². The van der Waals surface area contributed by atoms with Crippen molar-refractivity contribution < 1.29 is 24.2 Å². The number of hydrogen-bond donors (Lipinski definition) is 3. The fourth-order valence-electron chi connectivity index (χ4n) is 8.23. The molecule has 1 aliphatic carbocycles. The van der Waals surface area contributed by atoms with Crippen LogP contribution < -0.4 is 20.1 Å². The number of aromatic nitrogens is 2. The standard InChI is InChI=1S/C44H47ClN6O5/c1-50(34-15-12-27(13-16-34)44(53)54)25-32-18-30(21-46)31(20-41(32)56-3)26-51-39-9-5-7-36(38(39)24-48-51)37-8-4-6-35(43(37)45)28-10-11-29(40(19-28)55-2)22-47-23-33-14-17-42(52)49-33/h4-11,18-20,24,27,33-34,47H,12-17,22-23,25-26H2,1-3H3,(H,49,52)(H,53,54)/t27?,33-,34?/m0/s1. The first-order chi connectivity index (χ1) is 27.2. The first-order valence-corrected chi connectivity index (χ1v) is 19.5. The van der Waals surface area contributed by atoms with Crippen molar-refractivity contribution in [3.63, 3.8) is 0 Å². The van der Waals surface area contributed by atoms with E-state index in [1.165, 1.54) is 0 Å². The molecule has 1 aliphatic heterocycles. The number of nitrogens with one attached hydrogen (secondary N) is 2. The van der Waals surface area contributed by atoms with Crippen molar-refractivity contribution in [2.75, 3.05) is 27.8 Å². The van der Waals surface area contributed by atoms with Crippen LogP contribution in [0.15, 0.2) is 72.9 Å². The number of carboxylic acids is 1. The number of aliphatic carboxylic acids is 1. The summed E-state index contributed by atoms with van der Waals surface area (Å²) >= 11 is 7.22. The Morgan fingerprint density at radius 3 is 2.43 bits per heavy atom. The second kappa shape index (κ2) is 17.2. The Morgan fingerprint density at radius 1 is 0.982 bits per heavy atom. The zero-order valence-electron chi connectivity index (χ0n) is 32.0. The Balaban J connectivity index is 1.10. The molecule has 1 atom stereocenters. The lowest BCUT2D eigenvalue weighted by Crippen LogP contribution is -2.36. The molecule has 290 valence electrons. The fourth-order valence-corrected chi connectivity index (χ4v) is 8.57. The van der Waals surface area contributed by atoms with Gasteiger partial charge in [-0.3, -0.25) is 19.2 Å². The minimum Gasteiger partial charge on any atom is -0.496 e. The van der Waals surface area contributed by atoms with Crippen molar-refractivity contribution in [2.24, 2.45) is 5.92 Å². The van der Waals surface area contributed by atoms with E-state index in [0.717, 1.165) is 74.9 Å². The van der Waals surface area contributed by atoms with Crippen LogP contribution in [-0.4, -0.2) is 71.6 Å². The summed E-state index contributed by atoms with van der Waals surface area (Å²) in [6.07, 6.45) is 6.27. The summed E-state index contributed by atoms with van der Waals surface area (Å²) in [5.74, 6) is 0.584. The van der Waals surface area contributed by atoms with Crippen LogP contribution in [0.1, 0.15) is 60.8 Å². The Bertz CT molecular complexity index is 2290. The number of halogens is 1. The monoisotopic (exact) mass is 774 g/mol. The summed E-state index contributed by atoms with van der Waals surface area (Å²) in [6.45, 7) is 2.26. The van der Waals surface area contributed by atoms with Gasteiger partial charge in [-0.1, -0.05) is 54.1 Å². The number of methoxy groups -OCH3 is 2. The van der Waals surface area contributed by atoms with Gasteiger partial charge in [0.05, 0.1) is 55.1 Å². The molecular weight excluding hydrogens is 728 g/mol. The van der Waals surface area contributed by atoms with Crippen molar-refractivity contribution in [3.05, 3.63) is 100 Å². The van der Waals surface area contributed by atoms with Crippen molar-refractivity contribution >= 4 is 34.4 Å².